The lowest BCUT2D eigenvalue weighted by atomic mass is 9.87. The largest absolute Gasteiger partial charge is 0.378 e. The summed E-state index contributed by atoms with van der Waals surface area (Å²) in [6.45, 7) is 9.71. The minimum atomic E-state index is -3.64. The fourth-order valence-corrected chi connectivity index (χ4v) is 6.01. The number of sulfonamides is 1. The molecular formula is C27H32N4O3S. The molecule has 35 heavy (non-hydrogen) atoms. The normalized spacial score (nSPS) is 17.3. The van der Waals surface area contributed by atoms with Gasteiger partial charge in [0.25, 0.3) is 0 Å². The van der Waals surface area contributed by atoms with Crippen LogP contribution in [0.25, 0.3) is 11.4 Å². The van der Waals surface area contributed by atoms with E-state index in [0.717, 1.165) is 41.3 Å². The first-order valence-corrected chi connectivity index (χ1v) is 13.6. The van der Waals surface area contributed by atoms with Gasteiger partial charge in [0.1, 0.15) is 5.82 Å². The van der Waals surface area contributed by atoms with Crippen LogP contribution in [-0.4, -0.2) is 55.5 Å². The molecule has 0 saturated carbocycles. The highest BCUT2D eigenvalue weighted by atomic mass is 32.2. The first-order valence-electron chi connectivity index (χ1n) is 12.1. The van der Waals surface area contributed by atoms with E-state index in [4.69, 9.17) is 14.7 Å². The zero-order chi connectivity index (χ0) is 24.6. The third-order valence-corrected chi connectivity index (χ3v) is 8.56. The number of nitrogens with zero attached hydrogens (tertiary/aromatic N) is 4. The highest BCUT2D eigenvalue weighted by Crippen LogP contribution is 2.33. The van der Waals surface area contributed by atoms with E-state index in [1.807, 2.05) is 42.5 Å². The minimum Gasteiger partial charge on any atom is -0.378 e. The van der Waals surface area contributed by atoms with Crippen molar-refractivity contribution < 1.29 is 13.2 Å². The lowest BCUT2D eigenvalue weighted by molar-refractivity contribution is 0.122. The number of fused-ring (bicyclic) bond motifs is 1. The summed E-state index contributed by atoms with van der Waals surface area (Å²) in [5.74, 6) is 1.50. The summed E-state index contributed by atoms with van der Waals surface area (Å²) in [5.41, 5.74) is 3.85. The molecule has 2 aliphatic heterocycles. The van der Waals surface area contributed by atoms with Gasteiger partial charge in [0.2, 0.25) is 10.0 Å². The van der Waals surface area contributed by atoms with E-state index in [-0.39, 0.29) is 12.0 Å². The van der Waals surface area contributed by atoms with Gasteiger partial charge in [0.15, 0.2) is 5.82 Å². The second kappa shape index (κ2) is 9.33. The van der Waals surface area contributed by atoms with Crippen molar-refractivity contribution in [3.63, 3.8) is 0 Å². The van der Waals surface area contributed by atoms with E-state index < -0.39 is 10.0 Å². The van der Waals surface area contributed by atoms with Crippen LogP contribution in [0.4, 0.5) is 5.82 Å². The van der Waals surface area contributed by atoms with Crippen LogP contribution in [0, 0.1) is 0 Å². The number of aromatic nitrogens is 2. The van der Waals surface area contributed by atoms with Crippen LogP contribution >= 0.6 is 0 Å². The quantitative estimate of drug-likeness (QED) is 0.548. The Balaban J connectivity index is 1.51. The highest BCUT2D eigenvalue weighted by molar-refractivity contribution is 7.89. The van der Waals surface area contributed by atoms with Crippen molar-refractivity contribution >= 4 is 15.8 Å². The molecule has 3 aromatic rings. The standard InChI is InChI=1S/C27H32N4O3S/c1-27(2,3)21-9-11-22(12-10-21)35(32,33)31-14-13-24-23(19-31)26(30-15-17-34-18-16-30)29-25(28-24)20-7-5-4-6-8-20/h4-12H,13-19H2,1-3H3. The van der Waals surface area contributed by atoms with Crippen molar-refractivity contribution in [3.05, 3.63) is 71.4 Å². The van der Waals surface area contributed by atoms with Gasteiger partial charge in [-0.25, -0.2) is 18.4 Å². The summed E-state index contributed by atoms with van der Waals surface area (Å²) in [7, 11) is -3.64. The fourth-order valence-electron chi connectivity index (χ4n) is 4.61. The smallest absolute Gasteiger partial charge is 0.243 e. The molecule has 1 aromatic heterocycles. The van der Waals surface area contributed by atoms with Gasteiger partial charge < -0.3 is 9.64 Å². The maximum atomic E-state index is 13.6. The summed E-state index contributed by atoms with van der Waals surface area (Å²) < 4.78 is 34.3. The average molecular weight is 493 g/mol. The molecule has 0 amide bonds. The molecule has 3 heterocycles. The molecule has 7 nitrogen and oxygen atoms in total. The van der Waals surface area contributed by atoms with E-state index in [9.17, 15) is 8.42 Å². The molecular weight excluding hydrogens is 460 g/mol. The SMILES string of the molecule is CC(C)(C)c1ccc(S(=O)(=O)N2CCc3nc(-c4ccccc4)nc(N4CCOCC4)c3C2)cc1. The Kier molecular flexibility index (Phi) is 6.38. The van der Waals surface area contributed by atoms with E-state index in [1.165, 1.54) is 0 Å². The number of rotatable bonds is 4. The van der Waals surface area contributed by atoms with Gasteiger partial charge >= 0.3 is 0 Å². The van der Waals surface area contributed by atoms with Crippen LogP contribution in [0.3, 0.4) is 0 Å². The molecule has 0 atom stereocenters. The number of morpholine rings is 1. The fraction of sp³-hybridized carbons (Fsp3) is 0.407. The van der Waals surface area contributed by atoms with Crippen molar-refractivity contribution in [3.8, 4) is 11.4 Å². The van der Waals surface area contributed by atoms with Crippen LogP contribution < -0.4 is 4.90 Å². The molecule has 2 aromatic carbocycles. The van der Waals surface area contributed by atoms with Gasteiger partial charge in [-0.1, -0.05) is 63.2 Å². The predicted octanol–water partition coefficient (Wildman–Crippen LogP) is 4.02. The Hall–Kier alpha value is -2.81. The van der Waals surface area contributed by atoms with E-state index in [2.05, 4.69) is 25.7 Å². The molecule has 184 valence electrons. The van der Waals surface area contributed by atoms with Crippen LogP contribution in [0.2, 0.25) is 0 Å². The lowest BCUT2D eigenvalue weighted by Gasteiger charge is -2.34. The maximum Gasteiger partial charge on any atom is 0.243 e. The Morgan fingerprint density at radius 1 is 0.886 bits per heavy atom. The van der Waals surface area contributed by atoms with Crippen LogP contribution in [0.5, 0.6) is 0 Å². The Labute approximate surface area is 207 Å². The van der Waals surface area contributed by atoms with Crippen LogP contribution in [0.15, 0.2) is 59.5 Å². The molecule has 8 heteroatoms. The molecule has 0 radical (unpaired) electrons. The first kappa shape index (κ1) is 23.9. The van der Waals surface area contributed by atoms with Gasteiger partial charge in [0, 0.05) is 43.7 Å². The zero-order valence-electron chi connectivity index (χ0n) is 20.6. The van der Waals surface area contributed by atoms with Gasteiger partial charge in [0.05, 0.1) is 23.8 Å². The molecule has 1 saturated heterocycles. The molecule has 0 bridgehead atoms. The lowest BCUT2D eigenvalue weighted by Crippen LogP contribution is -2.41. The number of ether oxygens (including phenoxy) is 1. The molecule has 1 fully saturated rings. The Bertz CT molecular complexity index is 1300. The second-order valence-corrected chi connectivity index (χ2v) is 12.1. The topological polar surface area (TPSA) is 75.6 Å². The van der Waals surface area contributed by atoms with Crippen molar-refractivity contribution in [2.75, 3.05) is 37.7 Å². The molecule has 0 spiro atoms. The van der Waals surface area contributed by atoms with E-state index in [1.54, 1.807) is 16.4 Å². The van der Waals surface area contributed by atoms with Crippen LogP contribution in [-0.2, 0) is 33.1 Å². The van der Waals surface area contributed by atoms with Gasteiger partial charge in [-0.3, -0.25) is 0 Å². The summed E-state index contributed by atoms with van der Waals surface area (Å²) in [4.78, 5) is 12.3. The minimum absolute atomic E-state index is 0.0345. The van der Waals surface area contributed by atoms with Crippen molar-refractivity contribution in [1.29, 1.82) is 0 Å². The average Bonchev–Trinajstić information content (AvgIpc) is 2.88. The van der Waals surface area contributed by atoms with Crippen LogP contribution in [0.1, 0.15) is 37.6 Å². The van der Waals surface area contributed by atoms with Crippen molar-refractivity contribution in [2.45, 2.75) is 44.0 Å². The van der Waals surface area contributed by atoms with Gasteiger partial charge in [-0.05, 0) is 23.1 Å². The number of benzene rings is 2. The van der Waals surface area contributed by atoms with Gasteiger partial charge in [-0.15, -0.1) is 0 Å². The second-order valence-electron chi connectivity index (χ2n) is 10.1. The summed E-state index contributed by atoms with van der Waals surface area (Å²) in [5, 5.41) is 0. The Morgan fingerprint density at radius 3 is 2.23 bits per heavy atom. The molecule has 0 N–H and O–H groups in total. The number of hydrogen-bond acceptors (Lipinski definition) is 6. The maximum absolute atomic E-state index is 13.6. The molecule has 2 aliphatic rings. The molecule has 5 rings (SSSR count). The molecule has 0 unspecified atom stereocenters. The highest BCUT2D eigenvalue weighted by Gasteiger charge is 2.33. The third kappa shape index (κ3) is 4.83. The molecule has 0 aliphatic carbocycles. The summed E-state index contributed by atoms with van der Waals surface area (Å²) in [6.07, 6.45) is 0.550. The summed E-state index contributed by atoms with van der Waals surface area (Å²) >= 11 is 0. The third-order valence-electron chi connectivity index (χ3n) is 6.70. The van der Waals surface area contributed by atoms with E-state index >= 15 is 0 Å². The van der Waals surface area contributed by atoms with Crippen molar-refractivity contribution in [1.82, 2.24) is 14.3 Å². The predicted molar refractivity (Wildman–Crippen MR) is 137 cm³/mol. The summed E-state index contributed by atoms with van der Waals surface area (Å²) in [6, 6.07) is 17.2. The van der Waals surface area contributed by atoms with Gasteiger partial charge in [-0.2, -0.15) is 4.31 Å². The zero-order valence-corrected chi connectivity index (χ0v) is 21.4. The van der Waals surface area contributed by atoms with Crippen molar-refractivity contribution in [2.24, 2.45) is 0 Å². The van der Waals surface area contributed by atoms with E-state index in [0.29, 0.717) is 36.9 Å². The number of hydrogen-bond donors (Lipinski definition) is 0. The first-order chi connectivity index (χ1) is 16.7. The number of anilines is 1. The Morgan fingerprint density at radius 2 is 1.57 bits per heavy atom. The monoisotopic (exact) mass is 492 g/mol.